The van der Waals surface area contributed by atoms with Gasteiger partial charge < -0.3 is 15.4 Å². The van der Waals surface area contributed by atoms with Crippen LogP contribution in [0.1, 0.15) is 27.2 Å². The minimum Gasteiger partial charge on any atom is -0.362 e. The summed E-state index contributed by atoms with van der Waals surface area (Å²) in [6, 6.07) is 0. The van der Waals surface area contributed by atoms with E-state index in [2.05, 4.69) is 18.7 Å². The van der Waals surface area contributed by atoms with Gasteiger partial charge in [-0.1, -0.05) is 20.8 Å². The molecule has 0 rings (SSSR count). The van der Waals surface area contributed by atoms with Gasteiger partial charge in [0.1, 0.15) is 6.23 Å². The van der Waals surface area contributed by atoms with Crippen LogP contribution < -0.4 is 5.73 Å². The van der Waals surface area contributed by atoms with Gasteiger partial charge >= 0.3 is 0 Å². The molecule has 0 radical (unpaired) electrons. The van der Waals surface area contributed by atoms with E-state index in [-0.39, 0.29) is 6.23 Å². The quantitative estimate of drug-likeness (QED) is 0.586. The van der Waals surface area contributed by atoms with Crippen molar-refractivity contribution in [3.8, 4) is 0 Å². The van der Waals surface area contributed by atoms with Crippen LogP contribution in [0.15, 0.2) is 0 Å². The normalized spacial score (nSPS) is 13.8. The maximum Gasteiger partial charge on any atom is 0.105 e. The van der Waals surface area contributed by atoms with Crippen molar-refractivity contribution in [1.82, 2.24) is 4.90 Å². The molecule has 12 heavy (non-hydrogen) atoms. The van der Waals surface area contributed by atoms with Crippen LogP contribution in [0.4, 0.5) is 0 Å². The summed E-state index contributed by atoms with van der Waals surface area (Å²) in [7, 11) is 0. The molecule has 0 saturated carbocycles. The molecule has 0 aromatic carbocycles. The van der Waals surface area contributed by atoms with Crippen LogP contribution in [0.3, 0.4) is 0 Å². The molecule has 0 aromatic heterocycles. The van der Waals surface area contributed by atoms with Gasteiger partial charge in [0.2, 0.25) is 0 Å². The zero-order chi connectivity index (χ0) is 9.40. The third-order valence-corrected chi connectivity index (χ3v) is 2.04. The van der Waals surface area contributed by atoms with Crippen LogP contribution in [-0.4, -0.2) is 37.4 Å². The molecule has 0 aliphatic rings. The Bertz CT molecular complexity index is 94.5. The predicted octanol–water partition coefficient (Wildman–Crippen LogP) is 1.04. The Morgan fingerprint density at radius 1 is 1.25 bits per heavy atom. The first-order valence-electron chi connectivity index (χ1n) is 4.84. The van der Waals surface area contributed by atoms with E-state index in [9.17, 15) is 0 Å². The fourth-order valence-corrected chi connectivity index (χ4v) is 0.991. The highest BCUT2D eigenvalue weighted by molar-refractivity contribution is 4.51. The van der Waals surface area contributed by atoms with Crippen molar-refractivity contribution < 1.29 is 4.74 Å². The zero-order valence-corrected chi connectivity index (χ0v) is 8.55. The highest BCUT2D eigenvalue weighted by Gasteiger charge is 2.01. The molecule has 0 aromatic rings. The Kier molecular flexibility index (Phi) is 7.45. The Morgan fingerprint density at radius 3 is 2.25 bits per heavy atom. The van der Waals surface area contributed by atoms with Crippen molar-refractivity contribution in [2.45, 2.75) is 33.4 Å². The first kappa shape index (κ1) is 11.9. The van der Waals surface area contributed by atoms with E-state index in [1.807, 2.05) is 6.92 Å². The molecule has 0 spiro atoms. The van der Waals surface area contributed by atoms with Crippen molar-refractivity contribution in [3.63, 3.8) is 0 Å². The van der Waals surface area contributed by atoms with Crippen molar-refractivity contribution in [2.24, 2.45) is 5.73 Å². The van der Waals surface area contributed by atoms with Crippen LogP contribution >= 0.6 is 0 Å². The predicted molar refractivity (Wildman–Crippen MR) is 52.0 cm³/mol. The van der Waals surface area contributed by atoms with Gasteiger partial charge in [-0.15, -0.1) is 0 Å². The van der Waals surface area contributed by atoms with E-state index in [1.165, 1.54) is 0 Å². The number of likely N-dealkylation sites (N-methyl/N-ethyl adjacent to an activating group) is 1. The van der Waals surface area contributed by atoms with Gasteiger partial charge in [0, 0.05) is 6.54 Å². The van der Waals surface area contributed by atoms with Crippen molar-refractivity contribution in [3.05, 3.63) is 0 Å². The number of hydrogen-bond donors (Lipinski definition) is 1. The number of nitrogens with two attached hydrogens (primary N) is 1. The van der Waals surface area contributed by atoms with E-state index in [4.69, 9.17) is 10.5 Å². The molecule has 3 nitrogen and oxygen atoms in total. The lowest BCUT2D eigenvalue weighted by Gasteiger charge is -2.19. The van der Waals surface area contributed by atoms with E-state index in [0.29, 0.717) is 0 Å². The number of hydrogen-bond acceptors (Lipinski definition) is 3. The topological polar surface area (TPSA) is 38.5 Å². The van der Waals surface area contributed by atoms with E-state index >= 15 is 0 Å². The highest BCUT2D eigenvalue weighted by atomic mass is 16.5. The van der Waals surface area contributed by atoms with Gasteiger partial charge in [-0.3, -0.25) is 0 Å². The number of ether oxygens (including phenoxy) is 1. The van der Waals surface area contributed by atoms with Crippen LogP contribution in [0, 0.1) is 0 Å². The number of rotatable bonds is 7. The van der Waals surface area contributed by atoms with Gasteiger partial charge in [0.25, 0.3) is 0 Å². The average molecular weight is 174 g/mol. The largest absolute Gasteiger partial charge is 0.362 e. The summed E-state index contributed by atoms with van der Waals surface area (Å²) >= 11 is 0. The highest BCUT2D eigenvalue weighted by Crippen LogP contribution is 1.91. The summed E-state index contributed by atoms with van der Waals surface area (Å²) in [5.41, 5.74) is 5.60. The molecule has 0 aliphatic heterocycles. The summed E-state index contributed by atoms with van der Waals surface area (Å²) in [4.78, 5) is 2.32. The Morgan fingerprint density at radius 2 is 1.83 bits per heavy atom. The monoisotopic (exact) mass is 174 g/mol. The molecule has 0 aliphatic carbocycles. The fraction of sp³-hybridized carbons (Fsp3) is 1.00. The van der Waals surface area contributed by atoms with Gasteiger partial charge in [-0.2, -0.15) is 0 Å². The maximum atomic E-state index is 5.60. The molecule has 0 fully saturated rings. The van der Waals surface area contributed by atoms with E-state index < -0.39 is 0 Å². The van der Waals surface area contributed by atoms with E-state index in [1.54, 1.807) is 0 Å². The molecule has 3 heteroatoms. The number of nitrogens with zero attached hydrogens (tertiary/aromatic N) is 1. The van der Waals surface area contributed by atoms with Gasteiger partial charge in [0.05, 0.1) is 6.61 Å². The van der Waals surface area contributed by atoms with Crippen molar-refractivity contribution in [1.29, 1.82) is 0 Å². The lowest BCUT2D eigenvalue weighted by atomic mass is 10.4. The third-order valence-electron chi connectivity index (χ3n) is 2.04. The zero-order valence-electron chi connectivity index (χ0n) is 8.55. The molecule has 2 N–H and O–H groups in total. The van der Waals surface area contributed by atoms with Crippen molar-refractivity contribution in [2.75, 3.05) is 26.2 Å². The molecule has 0 saturated heterocycles. The Balaban J connectivity index is 3.28. The second kappa shape index (κ2) is 7.53. The smallest absolute Gasteiger partial charge is 0.105 e. The minimum absolute atomic E-state index is 0.0828. The lowest BCUT2D eigenvalue weighted by Crippen LogP contribution is -2.31. The summed E-state index contributed by atoms with van der Waals surface area (Å²) in [6.45, 7) is 10.2. The average Bonchev–Trinajstić information content (AvgIpc) is 2.12. The summed E-state index contributed by atoms with van der Waals surface area (Å²) in [5, 5.41) is 0. The lowest BCUT2D eigenvalue weighted by molar-refractivity contribution is 0.0407. The molecule has 0 amide bonds. The van der Waals surface area contributed by atoms with Crippen LogP contribution in [-0.2, 0) is 4.74 Å². The standard InChI is InChI=1S/C9H22N2O/c1-4-9(10)12-8-7-11(5-2)6-3/h9H,4-8,10H2,1-3H3. The SMILES string of the molecule is CCC(N)OCCN(CC)CC. The Labute approximate surface area is 75.9 Å². The molecule has 1 unspecified atom stereocenters. The summed E-state index contributed by atoms with van der Waals surface area (Å²) in [6.07, 6.45) is 0.804. The fourth-order valence-electron chi connectivity index (χ4n) is 0.991. The van der Waals surface area contributed by atoms with E-state index in [0.717, 1.165) is 32.7 Å². The third kappa shape index (κ3) is 5.52. The molecule has 0 bridgehead atoms. The van der Waals surface area contributed by atoms with Crippen LogP contribution in [0.2, 0.25) is 0 Å². The minimum atomic E-state index is -0.0828. The second-order valence-corrected chi connectivity index (χ2v) is 2.84. The molecule has 74 valence electrons. The molecule has 0 heterocycles. The summed E-state index contributed by atoms with van der Waals surface area (Å²) in [5.74, 6) is 0. The molecular weight excluding hydrogens is 152 g/mol. The second-order valence-electron chi connectivity index (χ2n) is 2.84. The van der Waals surface area contributed by atoms with Gasteiger partial charge in [-0.25, -0.2) is 0 Å². The molecule has 1 atom stereocenters. The van der Waals surface area contributed by atoms with Crippen molar-refractivity contribution >= 4 is 0 Å². The first-order valence-corrected chi connectivity index (χ1v) is 4.84. The van der Waals surface area contributed by atoms with Crippen LogP contribution in [0.5, 0.6) is 0 Å². The van der Waals surface area contributed by atoms with Gasteiger partial charge in [-0.05, 0) is 19.5 Å². The molecular formula is C9H22N2O. The maximum absolute atomic E-state index is 5.60. The summed E-state index contributed by atoms with van der Waals surface area (Å²) < 4.78 is 5.36. The van der Waals surface area contributed by atoms with Crippen LogP contribution in [0.25, 0.3) is 0 Å². The van der Waals surface area contributed by atoms with Gasteiger partial charge in [0.15, 0.2) is 0 Å². The first-order chi connectivity index (χ1) is 5.74. The Hall–Kier alpha value is -0.120.